The Morgan fingerprint density at radius 2 is 1.66 bits per heavy atom. The fourth-order valence-electron chi connectivity index (χ4n) is 3.31. The summed E-state index contributed by atoms with van der Waals surface area (Å²) in [6.45, 7) is 0.490. The van der Waals surface area contributed by atoms with E-state index in [0.717, 1.165) is 34.7 Å². The van der Waals surface area contributed by atoms with Crippen molar-refractivity contribution in [1.82, 2.24) is 10.0 Å². The van der Waals surface area contributed by atoms with Gasteiger partial charge in [-0.1, -0.05) is 54.6 Å². The predicted molar refractivity (Wildman–Crippen MR) is 114 cm³/mol. The molecular formula is C23H24N2O3S. The number of hydrogen-bond donors (Lipinski definition) is 2. The van der Waals surface area contributed by atoms with Crippen molar-refractivity contribution in [3.63, 3.8) is 0 Å². The molecule has 1 amide bonds. The molecule has 2 N–H and O–H groups in total. The number of carbonyl (C=O) groups excluding carboxylic acids is 1. The second-order valence-electron chi connectivity index (χ2n) is 7.45. The van der Waals surface area contributed by atoms with Crippen molar-refractivity contribution in [2.45, 2.75) is 43.2 Å². The molecule has 5 nitrogen and oxygen atoms in total. The van der Waals surface area contributed by atoms with Crippen molar-refractivity contribution in [2.24, 2.45) is 0 Å². The molecule has 4 rings (SSSR count). The van der Waals surface area contributed by atoms with Gasteiger partial charge in [-0.3, -0.25) is 4.79 Å². The van der Waals surface area contributed by atoms with E-state index in [1.54, 1.807) is 24.3 Å². The van der Waals surface area contributed by atoms with Crippen molar-refractivity contribution < 1.29 is 13.2 Å². The van der Waals surface area contributed by atoms with E-state index in [1.165, 1.54) is 0 Å². The normalized spacial score (nSPS) is 14.1. The number of sulfonamides is 1. The van der Waals surface area contributed by atoms with Crippen LogP contribution in [0.3, 0.4) is 0 Å². The standard InChI is InChI=1S/C23H24N2O3S/c26-23(24-16-19-6-3-5-18-4-1-2-7-22(18)19)15-10-17-8-13-21(14-9-17)29(27,28)25-20-11-12-20/h1-9,13-14,20,25H,10-12,15-16H2,(H,24,26). The summed E-state index contributed by atoms with van der Waals surface area (Å²) in [5.41, 5.74) is 2.03. The number of carbonyl (C=O) groups is 1. The van der Waals surface area contributed by atoms with Crippen LogP contribution < -0.4 is 10.0 Å². The van der Waals surface area contributed by atoms with E-state index in [2.05, 4.69) is 28.2 Å². The highest BCUT2D eigenvalue weighted by atomic mass is 32.2. The van der Waals surface area contributed by atoms with E-state index in [4.69, 9.17) is 0 Å². The van der Waals surface area contributed by atoms with Crippen LogP contribution in [-0.2, 0) is 27.8 Å². The quantitative estimate of drug-likeness (QED) is 0.599. The Balaban J connectivity index is 1.30. The van der Waals surface area contributed by atoms with E-state index in [0.29, 0.717) is 19.4 Å². The van der Waals surface area contributed by atoms with E-state index in [1.807, 2.05) is 24.3 Å². The molecule has 1 saturated carbocycles. The van der Waals surface area contributed by atoms with Crippen LogP contribution in [0, 0.1) is 0 Å². The number of rotatable bonds is 8. The zero-order chi connectivity index (χ0) is 20.3. The van der Waals surface area contributed by atoms with Gasteiger partial charge in [0.05, 0.1) is 4.90 Å². The van der Waals surface area contributed by atoms with Gasteiger partial charge in [0.15, 0.2) is 0 Å². The summed E-state index contributed by atoms with van der Waals surface area (Å²) < 4.78 is 27.1. The average molecular weight is 409 g/mol. The molecule has 0 aromatic heterocycles. The van der Waals surface area contributed by atoms with Gasteiger partial charge in [-0.2, -0.15) is 0 Å². The lowest BCUT2D eigenvalue weighted by atomic mass is 10.0. The minimum absolute atomic E-state index is 0.0231. The number of nitrogens with one attached hydrogen (secondary N) is 2. The molecule has 0 heterocycles. The smallest absolute Gasteiger partial charge is 0.240 e. The van der Waals surface area contributed by atoms with Crippen LogP contribution in [0.1, 0.15) is 30.4 Å². The fourth-order valence-corrected chi connectivity index (χ4v) is 4.62. The maximum absolute atomic E-state index is 12.3. The SMILES string of the molecule is O=C(CCc1ccc(S(=O)(=O)NC2CC2)cc1)NCc1cccc2ccccc12. The van der Waals surface area contributed by atoms with E-state index < -0.39 is 10.0 Å². The molecule has 3 aromatic carbocycles. The summed E-state index contributed by atoms with van der Waals surface area (Å²) >= 11 is 0. The molecule has 29 heavy (non-hydrogen) atoms. The van der Waals surface area contributed by atoms with Crippen molar-refractivity contribution in [2.75, 3.05) is 0 Å². The average Bonchev–Trinajstić information content (AvgIpc) is 3.54. The van der Waals surface area contributed by atoms with Gasteiger partial charge in [-0.05, 0) is 53.3 Å². The molecule has 150 valence electrons. The van der Waals surface area contributed by atoms with Crippen LogP contribution in [0.2, 0.25) is 0 Å². The van der Waals surface area contributed by atoms with Crippen molar-refractivity contribution >= 4 is 26.7 Å². The minimum Gasteiger partial charge on any atom is -0.352 e. The minimum atomic E-state index is -3.43. The van der Waals surface area contributed by atoms with Crippen molar-refractivity contribution in [3.8, 4) is 0 Å². The third-order valence-corrected chi connectivity index (χ3v) is 6.67. The van der Waals surface area contributed by atoms with E-state index in [9.17, 15) is 13.2 Å². The second-order valence-corrected chi connectivity index (χ2v) is 9.17. The van der Waals surface area contributed by atoms with Gasteiger partial charge in [-0.15, -0.1) is 0 Å². The summed E-state index contributed by atoms with van der Waals surface area (Å²) in [7, 11) is -3.43. The van der Waals surface area contributed by atoms with Crippen LogP contribution in [0.5, 0.6) is 0 Å². The largest absolute Gasteiger partial charge is 0.352 e. The van der Waals surface area contributed by atoms with Gasteiger partial charge in [0, 0.05) is 19.0 Å². The third-order valence-electron chi connectivity index (χ3n) is 5.13. The number of fused-ring (bicyclic) bond motifs is 1. The van der Waals surface area contributed by atoms with Gasteiger partial charge in [-0.25, -0.2) is 13.1 Å². The molecule has 0 atom stereocenters. The molecule has 6 heteroatoms. The van der Waals surface area contributed by atoms with Gasteiger partial charge in [0.2, 0.25) is 15.9 Å². The molecule has 0 bridgehead atoms. The Labute approximate surface area is 171 Å². The van der Waals surface area contributed by atoms with Crippen LogP contribution >= 0.6 is 0 Å². The predicted octanol–water partition coefficient (Wildman–Crippen LogP) is 3.53. The van der Waals surface area contributed by atoms with Gasteiger partial charge in [0.25, 0.3) is 0 Å². The molecule has 0 saturated heterocycles. The Hall–Kier alpha value is -2.70. The topological polar surface area (TPSA) is 75.3 Å². The van der Waals surface area contributed by atoms with Crippen LogP contribution in [0.4, 0.5) is 0 Å². The Bertz CT molecular complexity index is 1120. The molecular weight excluding hydrogens is 384 g/mol. The molecule has 0 unspecified atom stereocenters. The second kappa shape index (κ2) is 8.35. The maximum atomic E-state index is 12.3. The third kappa shape index (κ3) is 5.02. The Kier molecular flexibility index (Phi) is 5.65. The highest BCUT2D eigenvalue weighted by molar-refractivity contribution is 7.89. The number of aryl methyl sites for hydroxylation is 1. The summed E-state index contributed by atoms with van der Waals surface area (Å²) in [6, 6.07) is 21.1. The van der Waals surface area contributed by atoms with Crippen molar-refractivity contribution in [1.29, 1.82) is 0 Å². The lowest BCUT2D eigenvalue weighted by Crippen LogP contribution is -2.25. The first-order valence-corrected chi connectivity index (χ1v) is 11.3. The molecule has 0 spiro atoms. The van der Waals surface area contributed by atoms with E-state index >= 15 is 0 Å². The zero-order valence-corrected chi connectivity index (χ0v) is 16.9. The first-order valence-electron chi connectivity index (χ1n) is 9.86. The van der Waals surface area contributed by atoms with Crippen LogP contribution in [0.25, 0.3) is 10.8 Å². The lowest BCUT2D eigenvalue weighted by molar-refractivity contribution is -0.121. The van der Waals surface area contributed by atoms with Gasteiger partial charge < -0.3 is 5.32 Å². The first kappa shape index (κ1) is 19.6. The fraction of sp³-hybridized carbons (Fsp3) is 0.261. The molecule has 1 aliphatic rings. The number of benzene rings is 3. The molecule has 1 aliphatic carbocycles. The monoisotopic (exact) mass is 408 g/mol. The molecule has 0 aliphatic heterocycles. The van der Waals surface area contributed by atoms with Crippen LogP contribution in [-0.4, -0.2) is 20.4 Å². The Morgan fingerprint density at radius 3 is 2.41 bits per heavy atom. The highest BCUT2D eigenvalue weighted by Crippen LogP contribution is 2.22. The Morgan fingerprint density at radius 1 is 0.931 bits per heavy atom. The van der Waals surface area contributed by atoms with Gasteiger partial charge >= 0.3 is 0 Å². The molecule has 3 aromatic rings. The summed E-state index contributed by atoms with van der Waals surface area (Å²) in [6.07, 6.45) is 2.74. The first-order chi connectivity index (χ1) is 14.0. The molecule has 0 radical (unpaired) electrons. The summed E-state index contributed by atoms with van der Waals surface area (Å²) in [5.74, 6) is -0.0231. The maximum Gasteiger partial charge on any atom is 0.240 e. The van der Waals surface area contributed by atoms with Crippen LogP contribution in [0.15, 0.2) is 71.6 Å². The van der Waals surface area contributed by atoms with Crippen molar-refractivity contribution in [3.05, 3.63) is 77.9 Å². The summed E-state index contributed by atoms with van der Waals surface area (Å²) in [5, 5.41) is 5.28. The summed E-state index contributed by atoms with van der Waals surface area (Å²) in [4.78, 5) is 12.5. The molecule has 1 fully saturated rings. The number of amides is 1. The van der Waals surface area contributed by atoms with E-state index in [-0.39, 0.29) is 16.8 Å². The lowest BCUT2D eigenvalue weighted by Gasteiger charge is -2.09. The zero-order valence-electron chi connectivity index (χ0n) is 16.1. The van der Waals surface area contributed by atoms with Gasteiger partial charge in [0.1, 0.15) is 0 Å². The number of hydrogen-bond acceptors (Lipinski definition) is 3. The highest BCUT2D eigenvalue weighted by Gasteiger charge is 2.27.